The molecule has 26 heavy (non-hydrogen) atoms. The van der Waals surface area contributed by atoms with Gasteiger partial charge in [0.15, 0.2) is 12.4 Å². The number of hydrogen-bond donors (Lipinski definition) is 2. The molecule has 0 atom stereocenters. The Bertz CT molecular complexity index is 891. The Morgan fingerprint density at radius 2 is 2.04 bits per heavy atom. The summed E-state index contributed by atoms with van der Waals surface area (Å²) in [4.78, 5) is 12.7. The number of sulfonamides is 1. The fourth-order valence-electron chi connectivity index (χ4n) is 2.85. The molecule has 1 aliphatic rings. The van der Waals surface area contributed by atoms with Crippen molar-refractivity contribution in [3.8, 4) is 0 Å². The Morgan fingerprint density at radius 1 is 1.35 bits per heavy atom. The van der Waals surface area contributed by atoms with Gasteiger partial charge in [0, 0.05) is 6.07 Å². The van der Waals surface area contributed by atoms with Gasteiger partial charge in [0.05, 0.1) is 26.2 Å². The van der Waals surface area contributed by atoms with Crippen molar-refractivity contribution in [3.05, 3.63) is 41.9 Å². The number of rotatable bonds is 5. The largest absolute Gasteiger partial charge is 0.360 e. The monoisotopic (exact) mass is 383 g/mol. The minimum absolute atomic E-state index is 0.194. The van der Waals surface area contributed by atoms with E-state index >= 15 is 0 Å². The molecular weight excluding hydrogens is 363 g/mol. The minimum Gasteiger partial charge on any atom is -0.360 e. The number of carbonyl (C=O) groups excluding carboxylic acids is 1. The quantitative estimate of drug-likeness (QED) is 0.736. The van der Waals surface area contributed by atoms with Crippen molar-refractivity contribution < 1.29 is 27.0 Å². The van der Waals surface area contributed by atoms with Crippen molar-refractivity contribution in [2.24, 2.45) is 0 Å². The summed E-state index contributed by atoms with van der Waals surface area (Å²) < 4.78 is 45.1. The number of nitrogens with zero attached hydrogens (tertiary/aromatic N) is 2. The SMILES string of the molecule is Cc1cc(NC(=O)C[NH+]2CCN(S(=O)(=O)c3ccccc3F)CC2)no1. The van der Waals surface area contributed by atoms with E-state index in [9.17, 15) is 17.6 Å². The Morgan fingerprint density at radius 3 is 2.65 bits per heavy atom. The number of aryl methyl sites for hydroxylation is 1. The zero-order valence-electron chi connectivity index (χ0n) is 14.2. The number of quaternary nitrogens is 1. The summed E-state index contributed by atoms with van der Waals surface area (Å²) in [6.45, 7) is 3.28. The lowest BCUT2D eigenvalue weighted by molar-refractivity contribution is -0.895. The Hall–Kier alpha value is -2.30. The number of anilines is 1. The van der Waals surface area contributed by atoms with Gasteiger partial charge in [0.2, 0.25) is 10.0 Å². The second kappa shape index (κ2) is 7.52. The van der Waals surface area contributed by atoms with Gasteiger partial charge in [0.25, 0.3) is 5.91 Å². The molecule has 1 fully saturated rings. The van der Waals surface area contributed by atoms with E-state index in [4.69, 9.17) is 4.52 Å². The highest BCUT2D eigenvalue weighted by Crippen LogP contribution is 2.18. The van der Waals surface area contributed by atoms with Crippen LogP contribution in [0.1, 0.15) is 5.76 Å². The second-order valence-electron chi connectivity index (χ2n) is 6.13. The molecule has 0 unspecified atom stereocenters. The minimum atomic E-state index is -3.87. The van der Waals surface area contributed by atoms with Crippen molar-refractivity contribution >= 4 is 21.7 Å². The number of nitrogens with one attached hydrogen (secondary N) is 2. The van der Waals surface area contributed by atoms with Crippen molar-refractivity contribution in [1.29, 1.82) is 0 Å². The van der Waals surface area contributed by atoms with Crippen LogP contribution in [0.5, 0.6) is 0 Å². The van der Waals surface area contributed by atoms with Gasteiger partial charge in [-0.2, -0.15) is 4.31 Å². The van der Waals surface area contributed by atoms with Gasteiger partial charge < -0.3 is 14.7 Å². The van der Waals surface area contributed by atoms with Crippen LogP contribution >= 0.6 is 0 Å². The van der Waals surface area contributed by atoms with Gasteiger partial charge in [-0.05, 0) is 19.1 Å². The van der Waals surface area contributed by atoms with Gasteiger partial charge in [-0.3, -0.25) is 4.79 Å². The smallest absolute Gasteiger partial charge is 0.280 e. The third-order valence-corrected chi connectivity index (χ3v) is 6.12. The molecule has 140 valence electrons. The average molecular weight is 383 g/mol. The molecule has 0 saturated carbocycles. The number of halogens is 1. The third kappa shape index (κ3) is 4.09. The Balaban J connectivity index is 1.55. The molecule has 10 heteroatoms. The summed E-state index contributed by atoms with van der Waals surface area (Å²) in [7, 11) is -3.87. The van der Waals surface area contributed by atoms with E-state index in [0.717, 1.165) is 11.0 Å². The van der Waals surface area contributed by atoms with Gasteiger partial charge in [0.1, 0.15) is 16.5 Å². The van der Waals surface area contributed by atoms with E-state index in [1.165, 1.54) is 22.5 Å². The van der Waals surface area contributed by atoms with Crippen LogP contribution in [0, 0.1) is 12.7 Å². The van der Waals surface area contributed by atoms with E-state index in [2.05, 4.69) is 10.5 Å². The molecule has 0 aliphatic carbocycles. The molecule has 2 aromatic rings. The molecule has 1 amide bonds. The van der Waals surface area contributed by atoms with Gasteiger partial charge >= 0.3 is 0 Å². The van der Waals surface area contributed by atoms with Crippen LogP contribution < -0.4 is 10.2 Å². The van der Waals surface area contributed by atoms with Gasteiger partial charge in [-0.25, -0.2) is 12.8 Å². The van der Waals surface area contributed by atoms with E-state index < -0.39 is 15.8 Å². The molecule has 1 aliphatic heterocycles. The number of amides is 1. The van der Waals surface area contributed by atoms with Crippen LogP contribution in [0.15, 0.2) is 39.8 Å². The fraction of sp³-hybridized carbons (Fsp3) is 0.375. The lowest BCUT2D eigenvalue weighted by atomic mass is 10.3. The fourth-order valence-corrected chi connectivity index (χ4v) is 4.36. The van der Waals surface area contributed by atoms with Crippen molar-refractivity contribution in [2.45, 2.75) is 11.8 Å². The van der Waals surface area contributed by atoms with Crippen LogP contribution in [0.4, 0.5) is 10.2 Å². The second-order valence-corrected chi connectivity index (χ2v) is 8.04. The third-order valence-electron chi connectivity index (χ3n) is 4.19. The van der Waals surface area contributed by atoms with Crippen LogP contribution in [-0.2, 0) is 14.8 Å². The summed E-state index contributed by atoms with van der Waals surface area (Å²) in [6.07, 6.45) is 0. The number of benzene rings is 1. The van der Waals surface area contributed by atoms with E-state index in [0.29, 0.717) is 24.7 Å². The topological polar surface area (TPSA) is 97.0 Å². The highest BCUT2D eigenvalue weighted by atomic mass is 32.2. The summed E-state index contributed by atoms with van der Waals surface area (Å²) in [5.74, 6) is -0.0319. The van der Waals surface area contributed by atoms with Crippen molar-refractivity contribution in [1.82, 2.24) is 9.46 Å². The molecule has 0 radical (unpaired) electrons. The van der Waals surface area contributed by atoms with E-state index in [1.54, 1.807) is 13.0 Å². The molecule has 0 bridgehead atoms. The maximum Gasteiger partial charge on any atom is 0.280 e. The first kappa shape index (κ1) is 18.5. The molecule has 2 heterocycles. The summed E-state index contributed by atoms with van der Waals surface area (Å²) in [5.41, 5.74) is 0. The number of hydrogen-bond acceptors (Lipinski definition) is 5. The Kier molecular flexibility index (Phi) is 5.35. The number of carbonyl (C=O) groups is 1. The number of aromatic nitrogens is 1. The molecule has 3 rings (SSSR count). The first-order valence-corrected chi connectivity index (χ1v) is 9.61. The first-order chi connectivity index (χ1) is 12.4. The van der Waals surface area contributed by atoms with Crippen molar-refractivity contribution in [3.63, 3.8) is 0 Å². The predicted octanol–water partition coefficient (Wildman–Crippen LogP) is -0.350. The standard InChI is InChI=1S/C16H19FN4O4S/c1-12-10-15(19-25-12)18-16(22)11-20-6-8-21(9-7-20)26(23,24)14-5-3-2-4-13(14)17/h2-5,10H,6-9,11H2,1H3,(H,18,19,22)/p+1. The molecule has 1 saturated heterocycles. The maximum atomic E-state index is 13.8. The number of piperazine rings is 1. The molecular formula is C16H20FN4O4S+. The predicted molar refractivity (Wildman–Crippen MR) is 90.6 cm³/mol. The van der Waals surface area contributed by atoms with Gasteiger partial charge in [-0.1, -0.05) is 17.3 Å². The van der Waals surface area contributed by atoms with Gasteiger partial charge in [-0.15, -0.1) is 0 Å². The van der Waals surface area contributed by atoms with E-state index in [1.807, 2.05) is 0 Å². The maximum absolute atomic E-state index is 13.8. The van der Waals surface area contributed by atoms with Crippen LogP contribution in [-0.4, -0.2) is 56.5 Å². The summed E-state index contributed by atoms with van der Waals surface area (Å²) in [6, 6.07) is 6.95. The normalized spacial score (nSPS) is 16.5. The molecule has 0 spiro atoms. The average Bonchev–Trinajstić information content (AvgIpc) is 3.00. The highest BCUT2D eigenvalue weighted by Gasteiger charge is 2.32. The zero-order chi connectivity index (χ0) is 18.7. The first-order valence-electron chi connectivity index (χ1n) is 8.17. The lowest BCUT2D eigenvalue weighted by Crippen LogP contribution is -3.15. The molecule has 2 N–H and O–H groups in total. The lowest BCUT2D eigenvalue weighted by Gasteiger charge is -2.31. The van der Waals surface area contributed by atoms with E-state index in [-0.39, 0.29) is 30.4 Å². The van der Waals surface area contributed by atoms with Crippen LogP contribution in [0.3, 0.4) is 0 Å². The molecule has 8 nitrogen and oxygen atoms in total. The zero-order valence-corrected chi connectivity index (χ0v) is 15.1. The van der Waals surface area contributed by atoms with Crippen LogP contribution in [0.25, 0.3) is 0 Å². The molecule has 1 aromatic carbocycles. The van der Waals surface area contributed by atoms with Crippen molar-refractivity contribution in [2.75, 3.05) is 38.0 Å². The molecule has 1 aromatic heterocycles. The summed E-state index contributed by atoms with van der Waals surface area (Å²) >= 11 is 0. The summed E-state index contributed by atoms with van der Waals surface area (Å²) in [5, 5.41) is 6.33. The van der Waals surface area contributed by atoms with Crippen LogP contribution in [0.2, 0.25) is 0 Å². The highest BCUT2D eigenvalue weighted by molar-refractivity contribution is 7.89. The Labute approximate surface area is 150 Å².